The van der Waals surface area contributed by atoms with E-state index in [0.717, 1.165) is 6.42 Å². The molecule has 0 amide bonds. The molecule has 1 N–H and O–H groups in total. The van der Waals surface area contributed by atoms with Crippen LogP contribution in [0.25, 0.3) is 0 Å². The van der Waals surface area contributed by atoms with Crippen LogP contribution >= 0.6 is 0 Å². The quantitative estimate of drug-likeness (QED) is 0.790. The van der Waals surface area contributed by atoms with Gasteiger partial charge >= 0.3 is 5.97 Å². The number of aliphatic carboxylic acids is 1. The van der Waals surface area contributed by atoms with E-state index in [-0.39, 0.29) is 0 Å². The predicted molar refractivity (Wildman–Crippen MR) is 67.4 cm³/mol. The van der Waals surface area contributed by atoms with Crippen molar-refractivity contribution in [3.63, 3.8) is 0 Å². The van der Waals surface area contributed by atoms with Crippen molar-refractivity contribution >= 4 is 5.97 Å². The second kappa shape index (κ2) is 6.94. The summed E-state index contributed by atoms with van der Waals surface area (Å²) in [7, 11) is 0. The Labute approximate surface area is 102 Å². The molecule has 94 valence electrons. The van der Waals surface area contributed by atoms with Crippen LogP contribution in [0, 0.1) is 0 Å². The Kier molecular flexibility index (Phi) is 5.53. The fraction of sp³-hybridized carbons (Fsp3) is 0.500. The summed E-state index contributed by atoms with van der Waals surface area (Å²) < 4.78 is 5.38. The first-order valence-electron chi connectivity index (χ1n) is 6.15. The Bertz CT molecular complexity index is 343. The molecule has 17 heavy (non-hydrogen) atoms. The van der Waals surface area contributed by atoms with Crippen LogP contribution in [0.2, 0.25) is 0 Å². The zero-order chi connectivity index (χ0) is 12.7. The molecule has 0 fully saturated rings. The molecule has 0 heterocycles. The largest absolute Gasteiger partial charge is 0.479 e. The number of ether oxygens (including phenoxy) is 1. The standard InChI is InChI=1S/C14H20O3/c1-3-5-6-11-7-9-12(10-8-11)17-13(4-2)14(15)16/h7-10,13H,3-6H2,1-2H3,(H,15,16). The smallest absolute Gasteiger partial charge is 0.344 e. The van der Waals surface area contributed by atoms with Gasteiger partial charge < -0.3 is 9.84 Å². The Morgan fingerprint density at radius 3 is 2.41 bits per heavy atom. The molecule has 0 saturated carbocycles. The Morgan fingerprint density at radius 1 is 1.29 bits per heavy atom. The van der Waals surface area contributed by atoms with Gasteiger partial charge in [-0.25, -0.2) is 4.79 Å². The van der Waals surface area contributed by atoms with E-state index in [4.69, 9.17) is 9.84 Å². The first-order valence-corrected chi connectivity index (χ1v) is 6.15. The summed E-state index contributed by atoms with van der Waals surface area (Å²) in [5.74, 6) is -0.290. The van der Waals surface area contributed by atoms with Crippen LogP contribution < -0.4 is 4.74 Å². The summed E-state index contributed by atoms with van der Waals surface area (Å²) in [6, 6.07) is 7.69. The number of hydrogen-bond donors (Lipinski definition) is 1. The summed E-state index contributed by atoms with van der Waals surface area (Å²) in [6.45, 7) is 3.96. The third-order valence-corrected chi connectivity index (χ3v) is 2.67. The van der Waals surface area contributed by atoms with E-state index < -0.39 is 12.1 Å². The number of unbranched alkanes of at least 4 members (excludes halogenated alkanes) is 1. The minimum absolute atomic E-state index is 0.465. The first-order chi connectivity index (χ1) is 8.17. The highest BCUT2D eigenvalue weighted by Crippen LogP contribution is 2.16. The zero-order valence-corrected chi connectivity index (χ0v) is 10.5. The normalized spacial score (nSPS) is 12.1. The van der Waals surface area contributed by atoms with Gasteiger partial charge in [0.25, 0.3) is 0 Å². The van der Waals surface area contributed by atoms with Gasteiger partial charge in [0.15, 0.2) is 6.10 Å². The van der Waals surface area contributed by atoms with Crippen molar-refractivity contribution in [3.8, 4) is 5.75 Å². The Morgan fingerprint density at radius 2 is 1.94 bits per heavy atom. The van der Waals surface area contributed by atoms with Gasteiger partial charge in [0.05, 0.1) is 0 Å². The van der Waals surface area contributed by atoms with Gasteiger partial charge in [0.1, 0.15) is 5.75 Å². The minimum atomic E-state index is -0.914. The average Bonchev–Trinajstić information content (AvgIpc) is 2.34. The Balaban J connectivity index is 2.58. The molecule has 0 aliphatic carbocycles. The minimum Gasteiger partial charge on any atom is -0.479 e. The van der Waals surface area contributed by atoms with Gasteiger partial charge in [-0.2, -0.15) is 0 Å². The van der Waals surface area contributed by atoms with Gasteiger partial charge in [0, 0.05) is 0 Å². The van der Waals surface area contributed by atoms with Gasteiger partial charge in [-0.15, -0.1) is 0 Å². The molecular weight excluding hydrogens is 216 g/mol. The number of rotatable bonds is 7. The number of benzene rings is 1. The van der Waals surface area contributed by atoms with Crippen LogP contribution in [-0.2, 0) is 11.2 Å². The summed E-state index contributed by atoms with van der Waals surface area (Å²) in [4.78, 5) is 10.8. The van der Waals surface area contributed by atoms with Crippen LogP contribution in [-0.4, -0.2) is 17.2 Å². The molecule has 1 unspecified atom stereocenters. The van der Waals surface area contributed by atoms with E-state index in [9.17, 15) is 4.79 Å². The molecule has 1 aromatic carbocycles. The van der Waals surface area contributed by atoms with Crippen molar-refractivity contribution in [2.24, 2.45) is 0 Å². The molecule has 0 saturated heterocycles. The molecule has 0 spiro atoms. The maximum absolute atomic E-state index is 10.8. The maximum atomic E-state index is 10.8. The van der Waals surface area contributed by atoms with Crippen LogP contribution in [0.15, 0.2) is 24.3 Å². The SMILES string of the molecule is CCCCc1ccc(OC(CC)C(=O)O)cc1. The van der Waals surface area contributed by atoms with Crippen molar-refractivity contribution in [2.75, 3.05) is 0 Å². The van der Waals surface area contributed by atoms with Crippen LogP contribution in [0.3, 0.4) is 0 Å². The monoisotopic (exact) mass is 236 g/mol. The van der Waals surface area contributed by atoms with Crippen molar-refractivity contribution in [1.29, 1.82) is 0 Å². The summed E-state index contributed by atoms with van der Waals surface area (Å²) >= 11 is 0. The zero-order valence-electron chi connectivity index (χ0n) is 10.5. The highest BCUT2D eigenvalue weighted by molar-refractivity contribution is 5.72. The van der Waals surface area contributed by atoms with E-state index in [0.29, 0.717) is 12.2 Å². The van der Waals surface area contributed by atoms with Gasteiger partial charge in [0.2, 0.25) is 0 Å². The van der Waals surface area contributed by atoms with Crippen molar-refractivity contribution < 1.29 is 14.6 Å². The first kappa shape index (κ1) is 13.6. The molecule has 0 aromatic heterocycles. The molecular formula is C14H20O3. The summed E-state index contributed by atoms with van der Waals surface area (Å²) in [6.07, 6.45) is 3.12. The molecule has 1 aromatic rings. The van der Waals surface area contributed by atoms with Crippen LogP contribution in [0.5, 0.6) is 5.75 Å². The molecule has 3 nitrogen and oxygen atoms in total. The van der Waals surface area contributed by atoms with Crippen molar-refractivity contribution in [2.45, 2.75) is 45.6 Å². The fourth-order valence-corrected chi connectivity index (χ4v) is 1.59. The van der Waals surface area contributed by atoms with E-state index in [1.165, 1.54) is 18.4 Å². The van der Waals surface area contributed by atoms with Crippen LogP contribution in [0.1, 0.15) is 38.7 Å². The number of carboxylic acid groups (broad SMARTS) is 1. The van der Waals surface area contributed by atoms with E-state index in [1.54, 1.807) is 6.92 Å². The second-order valence-electron chi connectivity index (χ2n) is 4.10. The second-order valence-corrected chi connectivity index (χ2v) is 4.10. The summed E-state index contributed by atoms with van der Waals surface area (Å²) in [5.41, 5.74) is 1.27. The maximum Gasteiger partial charge on any atom is 0.344 e. The lowest BCUT2D eigenvalue weighted by molar-refractivity contribution is -0.145. The van der Waals surface area contributed by atoms with Crippen LogP contribution in [0.4, 0.5) is 0 Å². The van der Waals surface area contributed by atoms with Gasteiger partial charge in [-0.05, 0) is 37.0 Å². The van der Waals surface area contributed by atoms with Crippen molar-refractivity contribution in [1.82, 2.24) is 0 Å². The highest BCUT2D eigenvalue weighted by atomic mass is 16.5. The molecule has 1 rings (SSSR count). The lowest BCUT2D eigenvalue weighted by Crippen LogP contribution is -2.25. The fourth-order valence-electron chi connectivity index (χ4n) is 1.59. The predicted octanol–water partition coefficient (Wildman–Crippen LogP) is 3.27. The van der Waals surface area contributed by atoms with E-state index >= 15 is 0 Å². The van der Waals surface area contributed by atoms with E-state index in [2.05, 4.69) is 6.92 Å². The van der Waals surface area contributed by atoms with Gasteiger partial charge in [-0.3, -0.25) is 0 Å². The molecule has 1 atom stereocenters. The molecule has 0 radical (unpaired) electrons. The third-order valence-electron chi connectivity index (χ3n) is 2.67. The Hall–Kier alpha value is -1.51. The average molecular weight is 236 g/mol. The topological polar surface area (TPSA) is 46.5 Å². The highest BCUT2D eigenvalue weighted by Gasteiger charge is 2.16. The molecule has 0 bridgehead atoms. The molecule has 0 aliphatic heterocycles. The van der Waals surface area contributed by atoms with Gasteiger partial charge in [-0.1, -0.05) is 32.4 Å². The number of carboxylic acids is 1. The summed E-state index contributed by atoms with van der Waals surface area (Å²) in [5, 5.41) is 8.88. The lowest BCUT2D eigenvalue weighted by atomic mass is 10.1. The van der Waals surface area contributed by atoms with Crippen molar-refractivity contribution in [3.05, 3.63) is 29.8 Å². The number of hydrogen-bond acceptors (Lipinski definition) is 2. The number of carbonyl (C=O) groups is 1. The van der Waals surface area contributed by atoms with E-state index in [1.807, 2.05) is 24.3 Å². The molecule has 3 heteroatoms. The number of aryl methyl sites for hydroxylation is 1. The lowest BCUT2D eigenvalue weighted by Gasteiger charge is -2.13. The molecule has 0 aliphatic rings. The third kappa shape index (κ3) is 4.47.